The van der Waals surface area contributed by atoms with Crippen molar-refractivity contribution in [2.24, 2.45) is 5.92 Å². The molecule has 61 heavy (non-hydrogen) atoms. The molecule has 0 bridgehead atoms. The van der Waals surface area contributed by atoms with Gasteiger partial charge in [0.2, 0.25) is 0 Å². The second-order valence-corrected chi connectivity index (χ2v) is 17.5. The van der Waals surface area contributed by atoms with Crippen LogP contribution in [0.3, 0.4) is 0 Å². The molecule has 0 radical (unpaired) electrons. The van der Waals surface area contributed by atoms with Gasteiger partial charge in [-0.25, -0.2) is 0 Å². The molecule has 11 aromatic rings. The van der Waals surface area contributed by atoms with Gasteiger partial charge in [-0.15, -0.1) is 0 Å². The van der Waals surface area contributed by atoms with Gasteiger partial charge in [0, 0.05) is 71.8 Å². The number of allylic oxidation sites excluding steroid dienone is 4. The SMILES string of the molecule is Cc1ccc(N(C2=CCC(C)C=C2)C2=Cc3c(c4cccc5c6cc7c(cc6n3c45)c3cccc4c5ccc(N(c6ccccc6)c6ccc(C)cc6)cc5n7c43)CC2)cc1. The summed E-state index contributed by atoms with van der Waals surface area (Å²) in [6, 6.07) is 54.5. The van der Waals surface area contributed by atoms with Crippen LogP contribution in [0.2, 0.25) is 0 Å². The fourth-order valence-electron chi connectivity index (χ4n) is 10.8. The molecular formula is C57H44N4. The molecule has 0 fully saturated rings. The lowest BCUT2D eigenvalue weighted by atomic mass is 9.95. The van der Waals surface area contributed by atoms with Gasteiger partial charge in [0.1, 0.15) is 0 Å². The number of hydrogen-bond acceptors (Lipinski definition) is 2. The molecule has 1 unspecified atom stereocenters. The normalized spacial score (nSPS) is 15.6. The maximum atomic E-state index is 2.60. The molecule has 1 atom stereocenters. The molecule has 4 aromatic heterocycles. The number of aromatic nitrogens is 2. The topological polar surface area (TPSA) is 15.3 Å². The third-order valence-electron chi connectivity index (χ3n) is 13.7. The average molecular weight is 785 g/mol. The molecule has 4 heterocycles. The Morgan fingerprint density at radius 3 is 1.74 bits per heavy atom. The number of anilines is 4. The molecule has 0 spiro atoms. The van der Waals surface area contributed by atoms with E-state index < -0.39 is 0 Å². The Hall–Kier alpha value is -7.30. The largest absolute Gasteiger partial charge is 0.314 e. The molecule has 13 rings (SSSR count). The van der Waals surface area contributed by atoms with Gasteiger partial charge in [0.25, 0.3) is 0 Å². The molecular weight excluding hydrogens is 741 g/mol. The smallest absolute Gasteiger partial charge is 0.0620 e. The first-order valence-electron chi connectivity index (χ1n) is 21.8. The van der Waals surface area contributed by atoms with Crippen LogP contribution in [0.1, 0.15) is 42.1 Å². The van der Waals surface area contributed by atoms with E-state index in [-0.39, 0.29) is 0 Å². The van der Waals surface area contributed by atoms with Crippen molar-refractivity contribution in [2.45, 2.75) is 40.0 Å². The lowest BCUT2D eigenvalue weighted by molar-refractivity contribution is 0.725. The summed E-state index contributed by atoms with van der Waals surface area (Å²) in [5.74, 6) is 0.555. The molecule has 2 aliphatic rings. The van der Waals surface area contributed by atoms with Gasteiger partial charge < -0.3 is 18.6 Å². The second kappa shape index (κ2) is 12.8. The van der Waals surface area contributed by atoms with Crippen molar-refractivity contribution in [3.8, 4) is 0 Å². The quantitative estimate of drug-likeness (QED) is 0.167. The molecule has 4 nitrogen and oxygen atoms in total. The number of para-hydroxylation sites is 3. The Balaban J connectivity index is 1.05. The number of aryl methyl sites for hydroxylation is 3. The van der Waals surface area contributed by atoms with Gasteiger partial charge in [-0.3, -0.25) is 0 Å². The summed E-state index contributed by atoms with van der Waals surface area (Å²) < 4.78 is 5.14. The van der Waals surface area contributed by atoms with E-state index in [1.807, 2.05) is 0 Å². The predicted molar refractivity (Wildman–Crippen MR) is 259 cm³/mol. The van der Waals surface area contributed by atoms with Gasteiger partial charge >= 0.3 is 0 Å². The Morgan fingerprint density at radius 2 is 1.07 bits per heavy atom. The van der Waals surface area contributed by atoms with Crippen molar-refractivity contribution in [1.29, 1.82) is 0 Å². The van der Waals surface area contributed by atoms with Crippen LogP contribution in [-0.2, 0) is 6.42 Å². The van der Waals surface area contributed by atoms with Crippen LogP contribution in [-0.4, -0.2) is 8.80 Å². The molecule has 7 aromatic carbocycles. The number of rotatable bonds is 6. The molecule has 2 aliphatic carbocycles. The summed E-state index contributed by atoms with van der Waals surface area (Å²) in [5, 5.41) is 9.16. The predicted octanol–water partition coefficient (Wildman–Crippen LogP) is 15.2. The summed E-state index contributed by atoms with van der Waals surface area (Å²) in [7, 11) is 0. The minimum absolute atomic E-state index is 0.555. The minimum atomic E-state index is 0.555. The van der Waals surface area contributed by atoms with Crippen LogP contribution in [0.15, 0.2) is 175 Å². The molecule has 292 valence electrons. The first-order valence-corrected chi connectivity index (χ1v) is 21.8. The van der Waals surface area contributed by atoms with E-state index in [1.165, 1.54) is 105 Å². The van der Waals surface area contributed by atoms with E-state index in [0.29, 0.717) is 5.92 Å². The van der Waals surface area contributed by atoms with Gasteiger partial charge in [0.15, 0.2) is 0 Å². The minimum Gasteiger partial charge on any atom is -0.314 e. The monoisotopic (exact) mass is 784 g/mol. The van der Waals surface area contributed by atoms with E-state index in [1.54, 1.807) is 0 Å². The highest BCUT2D eigenvalue weighted by Crippen LogP contribution is 2.47. The Kier molecular flexibility index (Phi) is 7.28. The van der Waals surface area contributed by atoms with Crippen LogP contribution in [0, 0.1) is 19.8 Å². The maximum Gasteiger partial charge on any atom is 0.0620 e. The van der Waals surface area contributed by atoms with E-state index in [9.17, 15) is 0 Å². The summed E-state index contributed by atoms with van der Waals surface area (Å²) in [6.45, 7) is 6.62. The zero-order valence-corrected chi connectivity index (χ0v) is 34.7. The molecule has 0 aliphatic heterocycles. The Labute approximate surface area is 354 Å². The average Bonchev–Trinajstić information content (AvgIpc) is 4.01. The first-order chi connectivity index (χ1) is 30.0. The highest BCUT2D eigenvalue weighted by molar-refractivity contribution is 6.27. The highest BCUT2D eigenvalue weighted by atomic mass is 15.2. The summed E-state index contributed by atoms with van der Waals surface area (Å²) in [4.78, 5) is 4.89. The zero-order valence-electron chi connectivity index (χ0n) is 34.7. The van der Waals surface area contributed by atoms with Crippen molar-refractivity contribution < 1.29 is 0 Å². The van der Waals surface area contributed by atoms with Crippen LogP contribution < -0.4 is 9.80 Å². The zero-order chi connectivity index (χ0) is 40.5. The highest BCUT2D eigenvalue weighted by Gasteiger charge is 2.28. The standard InChI is InChI=1S/C57H44N4/c1-35-15-21-39(22-16-35)58(38-9-5-4-6-10-38)42-27-29-44-46-11-7-13-48-50-34-55-51(33-54(50)60(56(46)48)52(44)31-42)49-14-8-12-47-45-30-28-43(32-53(45)61(55)57(47)49)59(40-23-17-36(2)18-24-40)41-25-19-37(3)20-26-41/h4-19,21-27,29,31-34,37H,20,28,30H2,1-3H3. The lowest BCUT2D eigenvalue weighted by Crippen LogP contribution is -2.24. The number of fused-ring (bicyclic) bond motifs is 12. The summed E-state index contributed by atoms with van der Waals surface area (Å²) >= 11 is 0. The third kappa shape index (κ3) is 4.99. The Morgan fingerprint density at radius 1 is 0.492 bits per heavy atom. The molecule has 0 amide bonds. The van der Waals surface area contributed by atoms with Crippen molar-refractivity contribution >= 4 is 94.1 Å². The summed E-state index contributed by atoms with van der Waals surface area (Å²) in [5.41, 5.74) is 18.9. The van der Waals surface area contributed by atoms with Gasteiger partial charge in [-0.2, -0.15) is 0 Å². The van der Waals surface area contributed by atoms with E-state index in [4.69, 9.17) is 0 Å². The fourth-order valence-corrected chi connectivity index (χ4v) is 10.8. The maximum absolute atomic E-state index is 2.60. The molecule has 4 heteroatoms. The summed E-state index contributed by atoms with van der Waals surface area (Å²) in [6.07, 6.45) is 12.7. The second-order valence-electron chi connectivity index (χ2n) is 17.5. The number of nitrogens with zero attached hydrogens (tertiary/aromatic N) is 4. The molecule has 0 saturated heterocycles. The number of hydrogen-bond donors (Lipinski definition) is 0. The van der Waals surface area contributed by atoms with E-state index >= 15 is 0 Å². The fraction of sp³-hybridized carbons (Fsp3) is 0.123. The van der Waals surface area contributed by atoms with Crippen molar-refractivity contribution in [3.05, 3.63) is 198 Å². The number of benzene rings is 7. The Bertz CT molecular complexity index is 3630. The third-order valence-corrected chi connectivity index (χ3v) is 13.7. The first kappa shape index (κ1) is 34.6. The van der Waals surface area contributed by atoms with Gasteiger partial charge in [-0.05, 0) is 117 Å². The lowest BCUT2D eigenvalue weighted by Gasteiger charge is -2.32. The van der Waals surface area contributed by atoms with Crippen LogP contribution in [0.25, 0.3) is 71.4 Å². The van der Waals surface area contributed by atoms with Crippen LogP contribution in [0.5, 0.6) is 0 Å². The van der Waals surface area contributed by atoms with Crippen molar-refractivity contribution in [3.63, 3.8) is 0 Å². The van der Waals surface area contributed by atoms with Crippen LogP contribution >= 0.6 is 0 Å². The van der Waals surface area contributed by atoms with E-state index in [2.05, 4.69) is 209 Å². The molecule has 0 N–H and O–H groups in total. The van der Waals surface area contributed by atoms with Crippen molar-refractivity contribution in [1.82, 2.24) is 8.80 Å². The molecule has 0 saturated carbocycles. The van der Waals surface area contributed by atoms with E-state index in [0.717, 1.165) is 36.3 Å². The van der Waals surface area contributed by atoms with Crippen molar-refractivity contribution in [2.75, 3.05) is 9.80 Å². The van der Waals surface area contributed by atoms with Crippen LogP contribution in [0.4, 0.5) is 22.7 Å². The van der Waals surface area contributed by atoms with Gasteiger partial charge in [-0.1, -0.05) is 115 Å². The van der Waals surface area contributed by atoms with Gasteiger partial charge in [0.05, 0.1) is 33.3 Å².